The van der Waals surface area contributed by atoms with Crippen LogP contribution in [-0.4, -0.2) is 54.2 Å². The first kappa shape index (κ1) is 42.8. The van der Waals surface area contributed by atoms with E-state index in [1.165, 1.54) is 0 Å². The van der Waals surface area contributed by atoms with Crippen molar-refractivity contribution in [1.29, 1.82) is 0 Å². The minimum Gasteiger partial charge on any atom is -0.395 e. The molecule has 0 amide bonds. The maximum Gasteiger partial charge on any atom is 0.587 e. The van der Waals surface area contributed by atoms with Gasteiger partial charge in [0.05, 0.1) is 18.8 Å². The number of phosphoric ester groups is 1. The number of aryl methyl sites for hydroxylation is 2. The molecule has 2 spiro atoms. The molecule has 8 heterocycles. The highest BCUT2D eigenvalue weighted by molar-refractivity contribution is 7.49. The predicted molar refractivity (Wildman–Crippen MR) is 224 cm³/mol. The van der Waals surface area contributed by atoms with E-state index < -0.39 is 43.2 Å². The predicted octanol–water partition coefficient (Wildman–Crippen LogP) is 10.8. The summed E-state index contributed by atoms with van der Waals surface area (Å²) in [7, 11) is -4.23. The molecule has 0 unspecified atom stereocenters. The van der Waals surface area contributed by atoms with E-state index in [0.717, 1.165) is 62.5 Å². The van der Waals surface area contributed by atoms with E-state index in [1.54, 1.807) is 24.3 Å². The summed E-state index contributed by atoms with van der Waals surface area (Å²) < 4.78 is 61.8. The summed E-state index contributed by atoms with van der Waals surface area (Å²) in [5.74, 6) is 0.866. The van der Waals surface area contributed by atoms with Gasteiger partial charge in [-0.1, -0.05) is 63.1 Å². The van der Waals surface area contributed by atoms with E-state index in [9.17, 15) is 4.57 Å². The minimum absolute atomic E-state index is 0.0742. The van der Waals surface area contributed by atoms with Gasteiger partial charge in [-0.3, -0.25) is 4.52 Å². The Kier molecular flexibility index (Phi) is 11.1. The molecule has 0 radical (unpaired) electrons. The lowest BCUT2D eigenvalue weighted by Crippen LogP contribution is -2.70. The van der Waals surface area contributed by atoms with Crippen molar-refractivity contribution in [2.24, 2.45) is 53.3 Å². The third-order valence-electron chi connectivity index (χ3n) is 16.7. The summed E-state index contributed by atoms with van der Waals surface area (Å²) in [6, 6.07) is 14.8. The number of ether oxygens (including phenoxy) is 4. The number of rotatable bonds is 11. The molecule has 2 aromatic rings. The Bertz CT molecular complexity index is 1820. The fourth-order valence-corrected chi connectivity index (χ4v) is 14.4. The van der Waals surface area contributed by atoms with Gasteiger partial charge in [-0.25, -0.2) is 24.1 Å². The van der Waals surface area contributed by atoms with Crippen LogP contribution in [0, 0.1) is 67.1 Å². The highest BCUT2D eigenvalue weighted by Gasteiger charge is 2.71. The highest BCUT2D eigenvalue weighted by atomic mass is 31.2. The van der Waals surface area contributed by atoms with E-state index in [2.05, 4.69) is 27.7 Å². The summed E-state index contributed by atoms with van der Waals surface area (Å²) in [5, 5.41) is 0. The summed E-state index contributed by atoms with van der Waals surface area (Å²) in [5.41, 5.74) is 0.766. The monoisotopic (exact) mass is 866 g/mol. The van der Waals surface area contributed by atoms with Crippen LogP contribution in [0.2, 0.25) is 0 Å². The molecule has 2 saturated carbocycles. The Labute approximate surface area is 361 Å². The fourth-order valence-electron chi connectivity index (χ4n) is 13.1. The zero-order valence-electron chi connectivity index (χ0n) is 37.2. The van der Waals surface area contributed by atoms with Gasteiger partial charge in [-0.05, 0) is 145 Å². The van der Waals surface area contributed by atoms with Crippen molar-refractivity contribution in [2.75, 3.05) is 6.61 Å². The van der Waals surface area contributed by atoms with Gasteiger partial charge in [0.1, 0.15) is 11.5 Å². The lowest BCUT2D eigenvalue weighted by atomic mass is 9.56. The topological polar surface area (TPSA) is 119 Å². The molecule has 12 nitrogen and oxygen atoms in total. The van der Waals surface area contributed by atoms with Crippen LogP contribution in [0.25, 0.3) is 0 Å². The second kappa shape index (κ2) is 15.8. The lowest BCUT2D eigenvalue weighted by molar-refractivity contribution is -0.571. The van der Waals surface area contributed by atoms with Gasteiger partial charge in [0.25, 0.3) is 0 Å². The van der Waals surface area contributed by atoms with Crippen LogP contribution in [0.1, 0.15) is 117 Å². The van der Waals surface area contributed by atoms with E-state index >= 15 is 0 Å². The summed E-state index contributed by atoms with van der Waals surface area (Å²) in [6.07, 6.45) is 7.29. The van der Waals surface area contributed by atoms with Crippen LogP contribution >= 0.6 is 7.82 Å². The molecule has 4 bridgehead atoms. The second-order valence-corrected chi connectivity index (χ2v) is 22.3. The zero-order chi connectivity index (χ0) is 42.5. The first-order valence-corrected chi connectivity index (χ1v) is 24.7. The summed E-state index contributed by atoms with van der Waals surface area (Å²) in [6.45, 7) is 17.3. The number of fused-ring (bicyclic) bond motifs is 4. The van der Waals surface area contributed by atoms with Crippen LogP contribution < -0.4 is 9.05 Å². The van der Waals surface area contributed by atoms with Gasteiger partial charge in [0.2, 0.25) is 11.6 Å². The Morgan fingerprint density at radius 2 is 1.03 bits per heavy atom. The summed E-state index contributed by atoms with van der Waals surface area (Å²) >= 11 is 0. The Balaban J connectivity index is 0.966. The third kappa shape index (κ3) is 7.45. The average Bonchev–Trinajstić information content (AvgIpc) is 3.61. The number of hydrogen-bond acceptors (Lipinski definition) is 12. The Morgan fingerprint density at radius 1 is 0.607 bits per heavy atom. The quantitative estimate of drug-likeness (QED) is 0.158. The fraction of sp³-hybridized carbons (Fsp3) is 0.750. The number of hydrogen-bond donors (Lipinski definition) is 0. The SMILES string of the molecule is Cc1ccc(OP(=O)(OCC(C[C@H]2O[C@@H]3O[C@]4(C)CC[C@H]5[C@H](C)CC[C@@H]([C@H]2C)[C@@]35OO4)C[C@H]2O[C@@H]3O[C@]4(C)CC[C@H]5[C@H](C)CC[C@@H]([C@H]2C)[C@@]35OO4)Oc2ccc(C)cc2)cc1. The first-order chi connectivity index (χ1) is 29.1. The maximum atomic E-state index is 14.9. The average molecular weight is 867 g/mol. The molecular formula is C48H67O12P. The first-order valence-electron chi connectivity index (χ1n) is 23.3. The molecule has 8 saturated heterocycles. The van der Waals surface area contributed by atoms with Gasteiger partial charge in [-0.2, -0.15) is 0 Å². The molecule has 12 rings (SSSR count). The molecule has 10 fully saturated rings. The lowest BCUT2D eigenvalue weighted by Gasteiger charge is -2.61. The van der Waals surface area contributed by atoms with Crippen molar-refractivity contribution < 1.29 is 56.6 Å². The third-order valence-corrected chi connectivity index (χ3v) is 18.0. The molecule has 13 heteroatoms. The van der Waals surface area contributed by atoms with Gasteiger partial charge in [0.15, 0.2) is 23.8 Å². The molecule has 0 N–H and O–H groups in total. The molecule has 8 aliphatic heterocycles. The van der Waals surface area contributed by atoms with Gasteiger partial charge >= 0.3 is 7.82 Å². The van der Waals surface area contributed by atoms with Crippen LogP contribution in [0.3, 0.4) is 0 Å². The van der Waals surface area contributed by atoms with Crippen molar-refractivity contribution in [3.8, 4) is 11.5 Å². The zero-order valence-corrected chi connectivity index (χ0v) is 38.1. The Morgan fingerprint density at radius 3 is 1.46 bits per heavy atom. The largest absolute Gasteiger partial charge is 0.587 e. The van der Waals surface area contributed by atoms with Gasteiger partial charge in [0, 0.05) is 24.7 Å². The smallest absolute Gasteiger partial charge is 0.395 e. The minimum atomic E-state index is -4.23. The van der Waals surface area contributed by atoms with Crippen molar-refractivity contribution in [2.45, 2.75) is 167 Å². The van der Waals surface area contributed by atoms with E-state index in [1.807, 2.05) is 52.0 Å². The second-order valence-electron chi connectivity index (χ2n) is 20.8. The van der Waals surface area contributed by atoms with Crippen molar-refractivity contribution >= 4 is 7.82 Å². The van der Waals surface area contributed by atoms with Crippen molar-refractivity contribution in [1.82, 2.24) is 0 Å². The molecule has 10 aliphatic rings. The van der Waals surface area contributed by atoms with E-state index in [-0.39, 0.29) is 60.2 Å². The highest BCUT2D eigenvalue weighted by Crippen LogP contribution is 2.63. The standard InChI is InChI=1S/C48H67O12P/c1-28-9-15-35(16-10-28)55-61(49,56-36-17-11-29(2)12-18-36)50-27-34(25-41-32(5)39-19-13-30(3)37-21-23-45(7)53-43(51-41)47(37,39)59-57-45)26-42-33(6)40-20-14-31(4)38-22-24-46(8)54-44(52-42)48(38,40)60-58-46/h9-12,15-18,30-34,37-44H,13-14,19-27H2,1-8H3/t30-,31-,32-,33-,37+,38+,39+,40+,41-,42-,43-,44-,45+,46+,47-,48-/m1/s1. The molecule has 2 aliphatic carbocycles. The molecule has 16 atom stereocenters. The van der Waals surface area contributed by atoms with Gasteiger partial charge in [-0.15, -0.1) is 0 Å². The van der Waals surface area contributed by atoms with Crippen LogP contribution in [0.15, 0.2) is 48.5 Å². The van der Waals surface area contributed by atoms with Crippen molar-refractivity contribution in [3.05, 3.63) is 59.7 Å². The maximum absolute atomic E-state index is 14.9. The van der Waals surface area contributed by atoms with Gasteiger partial charge < -0.3 is 28.0 Å². The molecule has 61 heavy (non-hydrogen) atoms. The van der Waals surface area contributed by atoms with Crippen molar-refractivity contribution in [3.63, 3.8) is 0 Å². The Hall–Kier alpha value is -2.09. The summed E-state index contributed by atoms with van der Waals surface area (Å²) in [4.78, 5) is 25.3. The number of benzene rings is 2. The molecular weight excluding hydrogens is 799 g/mol. The van der Waals surface area contributed by atoms with E-state index in [4.69, 9.17) is 52.1 Å². The van der Waals surface area contributed by atoms with E-state index in [0.29, 0.717) is 36.2 Å². The normalized spacial score (nSPS) is 45.1. The van der Waals surface area contributed by atoms with Crippen LogP contribution in [0.4, 0.5) is 0 Å². The van der Waals surface area contributed by atoms with Crippen LogP contribution in [-0.2, 0) is 47.6 Å². The number of phosphoric acid groups is 1. The molecule has 2 aromatic carbocycles. The molecule has 0 aromatic heterocycles. The van der Waals surface area contributed by atoms with Crippen LogP contribution in [0.5, 0.6) is 11.5 Å². The molecule has 336 valence electrons.